The van der Waals surface area contributed by atoms with Gasteiger partial charge in [0.05, 0.1) is 19.4 Å². The van der Waals surface area contributed by atoms with Crippen LogP contribution < -0.4 is 4.90 Å². The largest absolute Gasteiger partial charge is 0.378 e. The monoisotopic (exact) mass is 301 g/mol. The van der Waals surface area contributed by atoms with Gasteiger partial charge in [-0.15, -0.1) is 0 Å². The number of imidazole rings is 1. The standard InChI is InChI=1S/C14H15N5OS/c1-18-12(10-2-7-21-9-10)16-11-8-15-14(17-13(11)18)19-3-5-20-6-4-19/h2,7-9H,3-6H2,1H3. The minimum Gasteiger partial charge on any atom is -0.378 e. The first-order valence-corrected chi connectivity index (χ1v) is 7.82. The van der Waals surface area contributed by atoms with E-state index < -0.39 is 0 Å². The molecule has 3 aromatic heterocycles. The number of aryl methyl sites for hydroxylation is 1. The molecule has 6 nitrogen and oxygen atoms in total. The molecule has 1 aliphatic heterocycles. The molecule has 0 aromatic carbocycles. The van der Waals surface area contributed by atoms with E-state index >= 15 is 0 Å². The van der Waals surface area contributed by atoms with Crippen LogP contribution in [0.25, 0.3) is 22.6 Å². The van der Waals surface area contributed by atoms with Crippen molar-refractivity contribution in [3.63, 3.8) is 0 Å². The van der Waals surface area contributed by atoms with Crippen molar-refractivity contribution in [3.05, 3.63) is 23.0 Å². The predicted octanol–water partition coefficient (Wildman–Crippen LogP) is 1.93. The Kier molecular flexibility index (Phi) is 3.08. The summed E-state index contributed by atoms with van der Waals surface area (Å²) in [5.41, 5.74) is 2.82. The highest BCUT2D eigenvalue weighted by Gasteiger charge is 2.17. The minimum absolute atomic E-state index is 0.729. The summed E-state index contributed by atoms with van der Waals surface area (Å²) < 4.78 is 7.40. The molecular weight excluding hydrogens is 286 g/mol. The van der Waals surface area contributed by atoms with Crippen LogP contribution in [-0.2, 0) is 11.8 Å². The number of aromatic nitrogens is 4. The maximum Gasteiger partial charge on any atom is 0.227 e. The number of anilines is 1. The SMILES string of the molecule is Cn1c(-c2ccsc2)nc2cnc(N3CCOCC3)nc21. The molecular formula is C14H15N5OS. The first-order valence-electron chi connectivity index (χ1n) is 6.87. The molecule has 0 spiro atoms. The third-order valence-corrected chi connectivity index (χ3v) is 4.36. The molecule has 108 valence electrons. The average molecular weight is 301 g/mol. The zero-order valence-electron chi connectivity index (χ0n) is 11.7. The van der Waals surface area contributed by atoms with Gasteiger partial charge < -0.3 is 14.2 Å². The predicted molar refractivity (Wildman–Crippen MR) is 82.6 cm³/mol. The maximum absolute atomic E-state index is 5.37. The Labute approximate surface area is 126 Å². The lowest BCUT2D eigenvalue weighted by atomic mass is 10.3. The highest BCUT2D eigenvalue weighted by molar-refractivity contribution is 7.08. The molecule has 3 aromatic rings. The van der Waals surface area contributed by atoms with Crippen molar-refractivity contribution < 1.29 is 4.74 Å². The first kappa shape index (κ1) is 12.7. The maximum atomic E-state index is 5.37. The lowest BCUT2D eigenvalue weighted by molar-refractivity contribution is 0.122. The summed E-state index contributed by atoms with van der Waals surface area (Å²) in [6.07, 6.45) is 1.81. The van der Waals surface area contributed by atoms with Gasteiger partial charge in [-0.2, -0.15) is 16.3 Å². The lowest BCUT2D eigenvalue weighted by Crippen LogP contribution is -2.37. The van der Waals surface area contributed by atoms with Gasteiger partial charge in [-0.25, -0.2) is 9.97 Å². The van der Waals surface area contributed by atoms with Crippen LogP contribution in [0.4, 0.5) is 5.95 Å². The Balaban J connectivity index is 1.78. The van der Waals surface area contributed by atoms with E-state index in [0.29, 0.717) is 0 Å². The number of hydrogen-bond donors (Lipinski definition) is 0. The second kappa shape index (κ2) is 5.09. The molecule has 1 fully saturated rings. The van der Waals surface area contributed by atoms with Gasteiger partial charge in [0.2, 0.25) is 5.95 Å². The summed E-state index contributed by atoms with van der Waals surface area (Å²) in [4.78, 5) is 15.9. The van der Waals surface area contributed by atoms with Crippen molar-refractivity contribution in [3.8, 4) is 11.4 Å². The molecule has 0 amide bonds. The Bertz CT molecular complexity index is 761. The van der Waals surface area contributed by atoms with E-state index in [1.54, 1.807) is 11.3 Å². The molecule has 0 aliphatic carbocycles. The number of thiophene rings is 1. The van der Waals surface area contributed by atoms with Crippen LogP contribution in [0, 0.1) is 0 Å². The number of morpholine rings is 1. The normalized spacial score (nSPS) is 15.8. The van der Waals surface area contributed by atoms with Gasteiger partial charge in [0.25, 0.3) is 0 Å². The van der Waals surface area contributed by atoms with E-state index in [2.05, 4.69) is 31.7 Å². The van der Waals surface area contributed by atoms with Gasteiger partial charge in [0.15, 0.2) is 5.65 Å². The van der Waals surface area contributed by atoms with E-state index in [4.69, 9.17) is 9.72 Å². The van der Waals surface area contributed by atoms with Crippen molar-refractivity contribution in [2.75, 3.05) is 31.2 Å². The van der Waals surface area contributed by atoms with Crippen LogP contribution in [0.5, 0.6) is 0 Å². The summed E-state index contributed by atoms with van der Waals surface area (Å²) in [6, 6.07) is 2.07. The number of rotatable bonds is 2. The van der Waals surface area contributed by atoms with Gasteiger partial charge in [-0.05, 0) is 11.4 Å². The summed E-state index contributed by atoms with van der Waals surface area (Å²) in [5, 5.41) is 4.15. The molecule has 0 unspecified atom stereocenters. The van der Waals surface area contributed by atoms with Crippen molar-refractivity contribution in [1.82, 2.24) is 19.5 Å². The van der Waals surface area contributed by atoms with Crippen LogP contribution in [-0.4, -0.2) is 45.8 Å². The van der Waals surface area contributed by atoms with Crippen LogP contribution in [0.1, 0.15) is 0 Å². The van der Waals surface area contributed by atoms with Crippen LogP contribution in [0.2, 0.25) is 0 Å². The van der Waals surface area contributed by atoms with Crippen molar-refractivity contribution in [2.45, 2.75) is 0 Å². The molecule has 0 bridgehead atoms. The highest BCUT2D eigenvalue weighted by Crippen LogP contribution is 2.25. The third kappa shape index (κ3) is 2.18. The van der Waals surface area contributed by atoms with E-state index in [1.807, 2.05) is 17.8 Å². The number of fused-ring (bicyclic) bond motifs is 1. The summed E-state index contributed by atoms with van der Waals surface area (Å²) in [6.45, 7) is 3.13. The fraction of sp³-hybridized carbons (Fsp3) is 0.357. The minimum atomic E-state index is 0.729. The smallest absolute Gasteiger partial charge is 0.227 e. The topological polar surface area (TPSA) is 56.1 Å². The van der Waals surface area contributed by atoms with Crippen LogP contribution in [0.3, 0.4) is 0 Å². The molecule has 0 saturated carbocycles. The quantitative estimate of drug-likeness (QED) is 0.724. The Morgan fingerprint density at radius 2 is 2.10 bits per heavy atom. The molecule has 1 aliphatic rings. The van der Waals surface area contributed by atoms with E-state index in [9.17, 15) is 0 Å². The second-order valence-electron chi connectivity index (χ2n) is 4.98. The lowest BCUT2D eigenvalue weighted by Gasteiger charge is -2.26. The second-order valence-corrected chi connectivity index (χ2v) is 5.76. The number of ether oxygens (including phenoxy) is 1. The molecule has 0 atom stereocenters. The Morgan fingerprint density at radius 3 is 2.86 bits per heavy atom. The summed E-state index contributed by atoms with van der Waals surface area (Å²) >= 11 is 1.67. The van der Waals surface area contributed by atoms with Crippen LogP contribution >= 0.6 is 11.3 Å². The zero-order chi connectivity index (χ0) is 14.2. The third-order valence-electron chi connectivity index (χ3n) is 3.67. The van der Waals surface area contributed by atoms with Crippen molar-refractivity contribution in [1.29, 1.82) is 0 Å². The fourth-order valence-corrected chi connectivity index (χ4v) is 3.17. The molecule has 0 N–H and O–H groups in total. The van der Waals surface area contributed by atoms with E-state index in [-0.39, 0.29) is 0 Å². The first-order chi connectivity index (χ1) is 10.3. The molecule has 1 saturated heterocycles. The van der Waals surface area contributed by atoms with Gasteiger partial charge in [-0.1, -0.05) is 0 Å². The van der Waals surface area contributed by atoms with Gasteiger partial charge in [-0.3, -0.25) is 0 Å². The number of hydrogen-bond acceptors (Lipinski definition) is 6. The van der Waals surface area contributed by atoms with E-state index in [1.165, 1.54) is 0 Å². The van der Waals surface area contributed by atoms with Gasteiger partial charge >= 0.3 is 0 Å². The zero-order valence-corrected chi connectivity index (χ0v) is 12.5. The highest BCUT2D eigenvalue weighted by atomic mass is 32.1. The molecule has 4 rings (SSSR count). The molecule has 0 radical (unpaired) electrons. The van der Waals surface area contributed by atoms with Gasteiger partial charge in [0, 0.05) is 31.1 Å². The van der Waals surface area contributed by atoms with Crippen LogP contribution in [0.15, 0.2) is 23.0 Å². The Hall–Kier alpha value is -1.99. The summed E-state index contributed by atoms with van der Waals surface area (Å²) in [5.74, 6) is 1.69. The fourth-order valence-electron chi connectivity index (χ4n) is 2.54. The van der Waals surface area contributed by atoms with Gasteiger partial charge in [0.1, 0.15) is 11.3 Å². The summed E-state index contributed by atoms with van der Waals surface area (Å²) in [7, 11) is 2.00. The molecule has 21 heavy (non-hydrogen) atoms. The Morgan fingerprint density at radius 1 is 1.24 bits per heavy atom. The molecule has 4 heterocycles. The van der Waals surface area contributed by atoms with E-state index in [0.717, 1.165) is 54.8 Å². The van der Waals surface area contributed by atoms with Crippen molar-refractivity contribution in [2.24, 2.45) is 7.05 Å². The van der Waals surface area contributed by atoms with Crippen molar-refractivity contribution >= 4 is 28.4 Å². The number of nitrogens with zero attached hydrogens (tertiary/aromatic N) is 5. The average Bonchev–Trinajstić information content (AvgIpc) is 3.16. The molecule has 7 heteroatoms.